The normalized spacial score (nSPS) is 12.9. The molecule has 1 atom stereocenters. The van der Waals surface area contributed by atoms with Gasteiger partial charge in [0.2, 0.25) is 0 Å². The number of benzene rings is 1. The topological polar surface area (TPSA) is 61.5 Å². The van der Waals surface area contributed by atoms with Crippen LogP contribution in [0.5, 0.6) is 5.75 Å². The van der Waals surface area contributed by atoms with Gasteiger partial charge in [0, 0.05) is 5.54 Å². The van der Waals surface area contributed by atoms with Gasteiger partial charge in [0.15, 0.2) is 0 Å². The first-order valence-electron chi connectivity index (χ1n) is 5.56. The van der Waals surface area contributed by atoms with Gasteiger partial charge in [-0.25, -0.2) is 0 Å². The van der Waals surface area contributed by atoms with E-state index in [1.165, 1.54) is 12.6 Å². The summed E-state index contributed by atoms with van der Waals surface area (Å²) < 4.78 is 9.94. The summed E-state index contributed by atoms with van der Waals surface area (Å²) in [6.45, 7) is 0.214. The van der Waals surface area contributed by atoms with E-state index in [0.717, 1.165) is 5.56 Å². The monoisotopic (exact) mass is 303 g/mol. The van der Waals surface area contributed by atoms with Crippen molar-refractivity contribution >= 4 is 29.2 Å². The van der Waals surface area contributed by atoms with Gasteiger partial charge in [-0.05, 0) is 24.1 Å². The van der Waals surface area contributed by atoms with Crippen molar-refractivity contribution in [2.75, 3.05) is 13.7 Å². The Bertz CT molecular complexity index is 446. The maximum Gasteiger partial charge on any atom is 0.322 e. The fraction of sp³-hybridized carbons (Fsp3) is 0.308. The van der Waals surface area contributed by atoms with E-state index < -0.39 is 12.0 Å². The minimum atomic E-state index is -0.662. The number of carbonyl (C=O) groups excluding carboxylic acids is 1. The lowest BCUT2D eigenvalue weighted by atomic mass is 10.1. The van der Waals surface area contributed by atoms with Gasteiger partial charge in [-0.1, -0.05) is 35.3 Å². The molecule has 1 unspecified atom stereocenters. The molecule has 2 N–H and O–H groups in total. The van der Waals surface area contributed by atoms with E-state index in [2.05, 4.69) is 4.74 Å². The summed E-state index contributed by atoms with van der Waals surface area (Å²) in [5.74, 6) is 0.228. The zero-order chi connectivity index (χ0) is 14.3. The second-order valence-corrected chi connectivity index (χ2v) is 4.53. The van der Waals surface area contributed by atoms with Crippen LogP contribution in [0.25, 0.3) is 0 Å². The minimum Gasteiger partial charge on any atom is -0.488 e. The highest BCUT2D eigenvalue weighted by Crippen LogP contribution is 2.15. The van der Waals surface area contributed by atoms with Crippen molar-refractivity contribution in [3.05, 3.63) is 40.4 Å². The second kappa shape index (κ2) is 8.04. The molecule has 4 nitrogen and oxygen atoms in total. The van der Waals surface area contributed by atoms with Gasteiger partial charge >= 0.3 is 5.97 Å². The maximum absolute atomic E-state index is 11.2. The van der Waals surface area contributed by atoms with Crippen LogP contribution in [-0.2, 0) is 16.0 Å². The lowest BCUT2D eigenvalue weighted by molar-refractivity contribution is -0.142. The van der Waals surface area contributed by atoms with Gasteiger partial charge in [0.1, 0.15) is 18.4 Å². The molecule has 0 aromatic heterocycles. The molecule has 0 aliphatic carbocycles. The van der Waals surface area contributed by atoms with Gasteiger partial charge < -0.3 is 15.2 Å². The van der Waals surface area contributed by atoms with Crippen molar-refractivity contribution in [1.82, 2.24) is 0 Å². The highest BCUT2D eigenvalue weighted by Gasteiger charge is 2.13. The molecule has 0 radical (unpaired) electrons. The molecule has 104 valence electrons. The molecule has 0 saturated heterocycles. The third-order valence-electron chi connectivity index (χ3n) is 2.38. The molecule has 19 heavy (non-hydrogen) atoms. The first kappa shape index (κ1) is 15.8. The number of rotatable bonds is 6. The van der Waals surface area contributed by atoms with Crippen LogP contribution in [0.4, 0.5) is 0 Å². The van der Waals surface area contributed by atoms with Gasteiger partial charge in [0.25, 0.3) is 0 Å². The van der Waals surface area contributed by atoms with E-state index in [0.29, 0.717) is 17.2 Å². The van der Waals surface area contributed by atoms with Crippen LogP contribution in [0, 0.1) is 0 Å². The van der Waals surface area contributed by atoms with E-state index in [1.807, 2.05) is 12.1 Å². The standard InChI is InChI=1S/C13H15Cl2NO3/c1-18-13(17)12(16)6-9-2-4-11(5-3-9)19-8-10(15)7-14/h2-5,7,12H,6,8,16H2,1H3. The number of carbonyl (C=O) groups is 1. The summed E-state index contributed by atoms with van der Waals surface area (Å²) in [5.41, 5.74) is 7.84. The number of ether oxygens (including phenoxy) is 2. The molecule has 0 saturated carbocycles. The molecular weight excluding hydrogens is 289 g/mol. The fourth-order valence-corrected chi connectivity index (χ4v) is 1.51. The Morgan fingerprint density at radius 3 is 2.58 bits per heavy atom. The largest absolute Gasteiger partial charge is 0.488 e. The van der Waals surface area contributed by atoms with Crippen molar-refractivity contribution < 1.29 is 14.3 Å². The summed E-state index contributed by atoms with van der Waals surface area (Å²) in [6, 6.07) is 6.55. The zero-order valence-electron chi connectivity index (χ0n) is 10.4. The Hall–Kier alpha value is -1.23. The molecule has 0 amide bonds. The first-order valence-corrected chi connectivity index (χ1v) is 6.38. The molecule has 1 rings (SSSR count). The van der Waals surface area contributed by atoms with Gasteiger partial charge in [-0.2, -0.15) is 0 Å². The highest BCUT2D eigenvalue weighted by atomic mass is 35.5. The lowest BCUT2D eigenvalue weighted by Gasteiger charge is -2.10. The van der Waals surface area contributed by atoms with Crippen LogP contribution in [0.1, 0.15) is 5.56 Å². The third kappa shape index (κ3) is 5.51. The average Bonchev–Trinajstić information content (AvgIpc) is 2.45. The molecule has 0 fully saturated rings. The van der Waals surface area contributed by atoms with Gasteiger partial charge in [0.05, 0.1) is 12.1 Å². The molecule has 0 aliphatic heterocycles. The predicted octanol–water partition coefficient (Wildman–Crippen LogP) is 2.43. The van der Waals surface area contributed by atoms with Crippen LogP contribution < -0.4 is 10.5 Å². The van der Waals surface area contributed by atoms with E-state index >= 15 is 0 Å². The number of hydrogen-bond acceptors (Lipinski definition) is 4. The number of esters is 1. The Kier molecular flexibility index (Phi) is 6.70. The van der Waals surface area contributed by atoms with Crippen LogP contribution in [-0.4, -0.2) is 25.7 Å². The van der Waals surface area contributed by atoms with E-state index in [4.69, 9.17) is 33.7 Å². The smallest absolute Gasteiger partial charge is 0.322 e. The van der Waals surface area contributed by atoms with Crippen LogP contribution in [0.3, 0.4) is 0 Å². The molecule has 1 aromatic carbocycles. The van der Waals surface area contributed by atoms with Crippen LogP contribution >= 0.6 is 23.2 Å². The number of halogens is 2. The summed E-state index contributed by atoms with van der Waals surface area (Å²) in [7, 11) is 1.31. The minimum absolute atomic E-state index is 0.214. The molecule has 6 heteroatoms. The third-order valence-corrected chi connectivity index (χ3v) is 2.97. The Morgan fingerprint density at radius 1 is 1.42 bits per heavy atom. The second-order valence-electron chi connectivity index (χ2n) is 3.82. The number of methoxy groups -OCH3 is 1. The summed E-state index contributed by atoms with van der Waals surface area (Å²) in [4.78, 5) is 11.2. The van der Waals surface area contributed by atoms with Gasteiger partial charge in [-0.3, -0.25) is 4.79 Å². The Labute approximate surface area is 122 Å². The molecule has 0 heterocycles. The highest BCUT2D eigenvalue weighted by molar-refractivity contribution is 6.36. The van der Waals surface area contributed by atoms with E-state index in [9.17, 15) is 4.79 Å². The summed E-state index contributed by atoms with van der Waals surface area (Å²) in [5, 5.41) is 0.415. The first-order chi connectivity index (χ1) is 9.06. The van der Waals surface area contributed by atoms with Gasteiger partial charge in [-0.15, -0.1) is 0 Å². The van der Waals surface area contributed by atoms with Crippen molar-refractivity contribution in [2.45, 2.75) is 12.5 Å². The van der Waals surface area contributed by atoms with Crippen LogP contribution in [0.2, 0.25) is 0 Å². The number of hydrogen-bond donors (Lipinski definition) is 1. The SMILES string of the molecule is COC(=O)C(N)Cc1ccc(OCC(Cl)=CCl)cc1. The van der Waals surface area contributed by atoms with Crippen molar-refractivity contribution in [3.63, 3.8) is 0 Å². The fourth-order valence-electron chi connectivity index (χ4n) is 1.39. The zero-order valence-corrected chi connectivity index (χ0v) is 11.9. The van der Waals surface area contributed by atoms with Crippen molar-refractivity contribution in [2.24, 2.45) is 5.73 Å². The molecule has 0 spiro atoms. The van der Waals surface area contributed by atoms with Crippen molar-refractivity contribution in [1.29, 1.82) is 0 Å². The lowest BCUT2D eigenvalue weighted by Crippen LogP contribution is -2.33. The average molecular weight is 304 g/mol. The predicted molar refractivity (Wildman–Crippen MR) is 75.4 cm³/mol. The molecule has 0 aliphatic rings. The maximum atomic E-state index is 11.2. The quantitative estimate of drug-likeness (QED) is 0.820. The molecule has 0 bridgehead atoms. The van der Waals surface area contributed by atoms with Crippen molar-refractivity contribution in [3.8, 4) is 5.75 Å². The summed E-state index contributed by atoms with van der Waals surface area (Å²) >= 11 is 11.1. The Morgan fingerprint density at radius 2 is 2.05 bits per heavy atom. The molecular formula is C13H15Cl2NO3. The summed E-state index contributed by atoms with van der Waals surface area (Å²) in [6.07, 6.45) is 0.412. The van der Waals surface area contributed by atoms with E-state index in [1.54, 1.807) is 12.1 Å². The van der Waals surface area contributed by atoms with E-state index in [-0.39, 0.29) is 6.61 Å². The molecule has 1 aromatic rings. The number of nitrogens with two attached hydrogens (primary N) is 1. The van der Waals surface area contributed by atoms with Crippen LogP contribution in [0.15, 0.2) is 34.8 Å². The Balaban J connectivity index is 2.54.